The third-order valence-corrected chi connectivity index (χ3v) is 3.79. The molecule has 0 saturated carbocycles. The molecule has 0 aliphatic carbocycles. The molecule has 0 saturated heterocycles. The molecular formula is C18H18F3N3O2. The van der Waals surface area contributed by atoms with Crippen molar-refractivity contribution in [2.75, 3.05) is 19.0 Å². The van der Waals surface area contributed by atoms with E-state index in [4.69, 9.17) is 9.47 Å². The van der Waals surface area contributed by atoms with Crippen molar-refractivity contribution in [2.24, 2.45) is 0 Å². The minimum atomic E-state index is -4.52. The van der Waals surface area contributed by atoms with Crippen molar-refractivity contribution in [3.05, 3.63) is 47.8 Å². The summed E-state index contributed by atoms with van der Waals surface area (Å²) >= 11 is 0. The molecule has 3 rings (SSSR count). The standard InChI is InChI=1S/C18H18F3N3O2/c1-3-26-15-9-11(7-8-14(15)25-2)10-22-12-5-4-6-13-16(12)24-17(23-13)18(19,20)21/h4-9,22H,3,10H2,1-2H3,(H,23,24). The van der Waals surface area contributed by atoms with E-state index < -0.39 is 12.0 Å². The number of alkyl halides is 3. The van der Waals surface area contributed by atoms with Gasteiger partial charge in [0.1, 0.15) is 5.52 Å². The number of H-pyrrole nitrogens is 1. The number of anilines is 1. The number of aromatic nitrogens is 2. The summed E-state index contributed by atoms with van der Waals surface area (Å²) in [6.07, 6.45) is -4.52. The zero-order chi connectivity index (χ0) is 18.7. The normalized spacial score (nSPS) is 11.6. The fourth-order valence-corrected chi connectivity index (χ4v) is 2.61. The van der Waals surface area contributed by atoms with Gasteiger partial charge >= 0.3 is 6.18 Å². The monoisotopic (exact) mass is 365 g/mol. The predicted molar refractivity (Wildman–Crippen MR) is 92.6 cm³/mol. The summed E-state index contributed by atoms with van der Waals surface area (Å²) in [6.45, 7) is 2.78. The van der Waals surface area contributed by atoms with Crippen molar-refractivity contribution in [1.82, 2.24) is 9.97 Å². The number of methoxy groups -OCH3 is 1. The highest BCUT2D eigenvalue weighted by molar-refractivity contribution is 5.88. The van der Waals surface area contributed by atoms with Gasteiger partial charge in [-0.05, 0) is 36.8 Å². The largest absolute Gasteiger partial charge is 0.493 e. The zero-order valence-corrected chi connectivity index (χ0v) is 14.3. The van der Waals surface area contributed by atoms with Crippen LogP contribution in [0.4, 0.5) is 18.9 Å². The number of nitrogens with zero attached hydrogens (tertiary/aromatic N) is 1. The number of fused-ring (bicyclic) bond motifs is 1. The number of hydrogen-bond donors (Lipinski definition) is 2. The molecular weight excluding hydrogens is 347 g/mol. The molecule has 5 nitrogen and oxygen atoms in total. The van der Waals surface area contributed by atoms with Crippen molar-refractivity contribution in [1.29, 1.82) is 0 Å². The van der Waals surface area contributed by atoms with E-state index in [2.05, 4.69) is 15.3 Å². The number of benzene rings is 2. The lowest BCUT2D eigenvalue weighted by atomic mass is 10.2. The molecule has 0 amide bonds. The molecule has 0 aliphatic heterocycles. The maximum absolute atomic E-state index is 12.9. The lowest BCUT2D eigenvalue weighted by Crippen LogP contribution is -2.07. The number of para-hydroxylation sites is 1. The van der Waals surface area contributed by atoms with Gasteiger partial charge in [-0.1, -0.05) is 12.1 Å². The van der Waals surface area contributed by atoms with Crippen molar-refractivity contribution in [2.45, 2.75) is 19.6 Å². The van der Waals surface area contributed by atoms with E-state index in [1.165, 1.54) is 0 Å². The van der Waals surface area contributed by atoms with Crippen LogP contribution in [0.5, 0.6) is 11.5 Å². The van der Waals surface area contributed by atoms with Gasteiger partial charge in [-0.3, -0.25) is 0 Å². The first-order valence-electron chi connectivity index (χ1n) is 8.02. The number of hydrogen-bond acceptors (Lipinski definition) is 4. The first-order valence-corrected chi connectivity index (χ1v) is 8.02. The van der Waals surface area contributed by atoms with Gasteiger partial charge in [0.2, 0.25) is 5.82 Å². The summed E-state index contributed by atoms with van der Waals surface area (Å²) in [6, 6.07) is 10.4. The Kier molecular flexibility index (Phi) is 4.92. The molecule has 1 aromatic heterocycles. The molecule has 1 heterocycles. The molecule has 0 bridgehead atoms. The molecule has 0 aliphatic rings. The lowest BCUT2D eigenvalue weighted by Gasteiger charge is -2.12. The zero-order valence-electron chi connectivity index (χ0n) is 14.3. The molecule has 0 fully saturated rings. The van der Waals surface area contributed by atoms with Gasteiger partial charge in [0.15, 0.2) is 11.5 Å². The molecule has 0 spiro atoms. The summed E-state index contributed by atoms with van der Waals surface area (Å²) in [5, 5.41) is 3.13. The topological polar surface area (TPSA) is 59.2 Å². The fourth-order valence-electron chi connectivity index (χ4n) is 2.61. The van der Waals surface area contributed by atoms with Crippen LogP contribution in [-0.2, 0) is 12.7 Å². The van der Waals surface area contributed by atoms with Gasteiger partial charge in [-0.15, -0.1) is 0 Å². The lowest BCUT2D eigenvalue weighted by molar-refractivity contribution is -0.144. The van der Waals surface area contributed by atoms with Gasteiger partial charge in [0.05, 0.1) is 24.9 Å². The van der Waals surface area contributed by atoms with Gasteiger partial charge < -0.3 is 19.8 Å². The average Bonchev–Trinajstić information content (AvgIpc) is 3.05. The van der Waals surface area contributed by atoms with Crippen LogP contribution in [0.15, 0.2) is 36.4 Å². The van der Waals surface area contributed by atoms with Gasteiger partial charge in [-0.25, -0.2) is 4.98 Å². The smallest absolute Gasteiger partial charge is 0.449 e. The van der Waals surface area contributed by atoms with Gasteiger partial charge in [-0.2, -0.15) is 13.2 Å². The molecule has 26 heavy (non-hydrogen) atoms. The molecule has 8 heteroatoms. The van der Waals surface area contributed by atoms with Gasteiger partial charge in [0.25, 0.3) is 0 Å². The molecule has 2 aromatic carbocycles. The quantitative estimate of drug-likeness (QED) is 0.670. The van der Waals surface area contributed by atoms with Crippen LogP contribution in [-0.4, -0.2) is 23.7 Å². The Morgan fingerprint density at radius 3 is 2.65 bits per heavy atom. The SMILES string of the molecule is CCOc1cc(CNc2cccc3[nH]c(C(F)(F)F)nc23)ccc1OC. The minimum absolute atomic E-state index is 0.248. The van der Waals surface area contributed by atoms with Crippen LogP contribution in [0.3, 0.4) is 0 Å². The van der Waals surface area contributed by atoms with Crippen LogP contribution < -0.4 is 14.8 Å². The summed E-state index contributed by atoms with van der Waals surface area (Å²) in [4.78, 5) is 5.99. The second-order valence-corrected chi connectivity index (χ2v) is 5.56. The molecule has 0 atom stereocenters. The molecule has 2 N–H and O–H groups in total. The number of nitrogens with one attached hydrogen (secondary N) is 2. The Bertz CT molecular complexity index is 906. The Morgan fingerprint density at radius 1 is 1.15 bits per heavy atom. The molecule has 0 radical (unpaired) electrons. The van der Waals surface area contributed by atoms with E-state index in [1.54, 1.807) is 31.4 Å². The first-order chi connectivity index (χ1) is 12.4. The summed E-state index contributed by atoms with van der Waals surface area (Å²) < 4.78 is 49.3. The molecule has 3 aromatic rings. The highest BCUT2D eigenvalue weighted by atomic mass is 19.4. The minimum Gasteiger partial charge on any atom is -0.493 e. The van der Waals surface area contributed by atoms with Crippen molar-refractivity contribution in [3.8, 4) is 11.5 Å². The van der Waals surface area contributed by atoms with Gasteiger partial charge in [0, 0.05) is 6.54 Å². The van der Waals surface area contributed by atoms with E-state index in [1.807, 2.05) is 19.1 Å². The maximum atomic E-state index is 12.9. The number of ether oxygens (including phenoxy) is 2. The van der Waals surface area contributed by atoms with E-state index in [9.17, 15) is 13.2 Å². The van der Waals surface area contributed by atoms with Crippen LogP contribution >= 0.6 is 0 Å². The second kappa shape index (κ2) is 7.15. The summed E-state index contributed by atoms with van der Waals surface area (Å²) in [5.41, 5.74) is 1.99. The van der Waals surface area contributed by atoms with Crippen LogP contribution in [0, 0.1) is 0 Å². The van der Waals surface area contributed by atoms with Crippen LogP contribution in [0.2, 0.25) is 0 Å². The Balaban J connectivity index is 1.84. The second-order valence-electron chi connectivity index (χ2n) is 5.56. The van der Waals surface area contributed by atoms with Crippen molar-refractivity contribution < 1.29 is 22.6 Å². The Morgan fingerprint density at radius 2 is 1.96 bits per heavy atom. The first kappa shape index (κ1) is 17.9. The molecule has 138 valence electrons. The van der Waals surface area contributed by atoms with E-state index >= 15 is 0 Å². The third kappa shape index (κ3) is 3.68. The van der Waals surface area contributed by atoms with E-state index in [-0.39, 0.29) is 5.52 Å². The number of aromatic amines is 1. The van der Waals surface area contributed by atoms with Crippen molar-refractivity contribution in [3.63, 3.8) is 0 Å². The highest BCUT2D eigenvalue weighted by Gasteiger charge is 2.35. The number of imidazole rings is 1. The Hall–Kier alpha value is -2.90. The molecule has 0 unspecified atom stereocenters. The third-order valence-electron chi connectivity index (χ3n) is 3.79. The van der Waals surface area contributed by atoms with Crippen molar-refractivity contribution >= 4 is 16.7 Å². The van der Waals surface area contributed by atoms with E-state index in [0.29, 0.717) is 35.9 Å². The van der Waals surface area contributed by atoms with Crippen LogP contribution in [0.25, 0.3) is 11.0 Å². The fraction of sp³-hybridized carbons (Fsp3) is 0.278. The number of halogens is 3. The number of rotatable bonds is 6. The summed E-state index contributed by atoms with van der Waals surface area (Å²) in [5.74, 6) is 0.233. The highest BCUT2D eigenvalue weighted by Crippen LogP contribution is 2.32. The summed E-state index contributed by atoms with van der Waals surface area (Å²) in [7, 11) is 1.56. The maximum Gasteiger partial charge on any atom is 0.449 e. The average molecular weight is 365 g/mol. The van der Waals surface area contributed by atoms with Crippen LogP contribution in [0.1, 0.15) is 18.3 Å². The Labute approximate surface area is 148 Å². The van der Waals surface area contributed by atoms with E-state index in [0.717, 1.165) is 5.56 Å². The predicted octanol–water partition coefficient (Wildman–Crippen LogP) is 4.60.